The van der Waals surface area contributed by atoms with Crippen LogP contribution in [-0.2, 0) is 9.53 Å². The minimum absolute atomic E-state index is 0.0189. The fourth-order valence-electron chi connectivity index (χ4n) is 3.43. The van der Waals surface area contributed by atoms with Gasteiger partial charge >= 0.3 is 5.97 Å². The number of aryl methyl sites for hydroxylation is 2. The number of esters is 1. The zero-order valence-electron chi connectivity index (χ0n) is 17.3. The highest BCUT2D eigenvalue weighted by molar-refractivity contribution is 5.86. The van der Waals surface area contributed by atoms with E-state index < -0.39 is 5.97 Å². The van der Waals surface area contributed by atoms with E-state index >= 15 is 0 Å². The van der Waals surface area contributed by atoms with Gasteiger partial charge in [-0.25, -0.2) is 9.48 Å². The number of methoxy groups -OCH3 is 1. The third-order valence-corrected chi connectivity index (χ3v) is 5.31. The Kier molecular flexibility index (Phi) is 6.85. The second-order valence-corrected chi connectivity index (χ2v) is 7.41. The average molecular weight is 400 g/mol. The van der Waals surface area contributed by atoms with Gasteiger partial charge in [-0.2, -0.15) is 0 Å². The summed E-state index contributed by atoms with van der Waals surface area (Å²) >= 11 is 0. The fraction of sp³-hybridized carbons (Fsp3) is 0.524. The molecule has 29 heavy (non-hydrogen) atoms. The van der Waals surface area contributed by atoms with Crippen molar-refractivity contribution in [3.63, 3.8) is 0 Å². The fourth-order valence-corrected chi connectivity index (χ4v) is 3.43. The topological polar surface area (TPSA) is 86.5 Å². The van der Waals surface area contributed by atoms with Crippen LogP contribution in [0.1, 0.15) is 53.3 Å². The van der Waals surface area contributed by atoms with Crippen LogP contribution in [0, 0.1) is 13.8 Å². The Balaban J connectivity index is 1.46. The lowest BCUT2D eigenvalue weighted by Gasteiger charge is -2.32. The molecule has 1 atom stereocenters. The number of amides is 1. The molecule has 1 fully saturated rings. The molecule has 0 bridgehead atoms. The van der Waals surface area contributed by atoms with Crippen molar-refractivity contribution in [1.29, 1.82) is 0 Å². The molecule has 8 nitrogen and oxygen atoms in total. The first-order valence-electron chi connectivity index (χ1n) is 9.96. The van der Waals surface area contributed by atoms with Crippen molar-refractivity contribution in [2.24, 2.45) is 0 Å². The lowest BCUT2D eigenvalue weighted by atomic mass is 10.1. The van der Waals surface area contributed by atoms with Crippen molar-refractivity contribution in [2.45, 2.75) is 45.6 Å². The zero-order chi connectivity index (χ0) is 20.8. The molecule has 1 aliphatic heterocycles. The molecule has 8 heteroatoms. The Labute approximate surface area is 170 Å². The Morgan fingerprint density at radius 3 is 2.83 bits per heavy atom. The van der Waals surface area contributed by atoms with E-state index in [1.807, 2.05) is 23.1 Å². The number of piperidine rings is 1. The Bertz CT molecular complexity index is 864. The third-order valence-electron chi connectivity index (χ3n) is 5.31. The molecule has 156 valence electrons. The number of carbonyl (C=O) groups excluding carboxylic acids is 2. The van der Waals surface area contributed by atoms with Crippen LogP contribution < -0.4 is 4.74 Å². The summed E-state index contributed by atoms with van der Waals surface area (Å²) in [7, 11) is 1.31. The van der Waals surface area contributed by atoms with Crippen molar-refractivity contribution in [3.8, 4) is 5.75 Å². The van der Waals surface area contributed by atoms with Gasteiger partial charge in [0.2, 0.25) is 5.91 Å². The van der Waals surface area contributed by atoms with Crippen LogP contribution >= 0.6 is 0 Å². The van der Waals surface area contributed by atoms with Gasteiger partial charge in [0.15, 0.2) is 5.69 Å². The Morgan fingerprint density at radius 2 is 2.07 bits per heavy atom. The first kappa shape index (κ1) is 20.8. The molecule has 2 heterocycles. The highest BCUT2D eigenvalue weighted by atomic mass is 16.5. The molecule has 0 aliphatic carbocycles. The maximum atomic E-state index is 12.6. The quantitative estimate of drug-likeness (QED) is 0.525. The van der Waals surface area contributed by atoms with Gasteiger partial charge in [-0.3, -0.25) is 4.79 Å². The average Bonchev–Trinajstić information content (AvgIpc) is 3.23. The van der Waals surface area contributed by atoms with Crippen LogP contribution in [0.4, 0.5) is 0 Å². The minimum Gasteiger partial charge on any atom is -0.494 e. The third kappa shape index (κ3) is 5.34. The number of hydrogen-bond donors (Lipinski definition) is 0. The first-order chi connectivity index (χ1) is 14.0. The Morgan fingerprint density at radius 1 is 1.24 bits per heavy atom. The van der Waals surface area contributed by atoms with Gasteiger partial charge in [-0.05, 0) is 56.4 Å². The van der Waals surface area contributed by atoms with Gasteiger partial charge in [-0.15, -0.1) is 5.10 Å². The standard InChI is InChI=1S/C21H28N4O4/c1-15-8-9-18(12-16(15)2)29-11-5-7-20(26)24-10-4-6-17(13-24)25-14-19(22-23-25)21(27)28-3/h8-9,12,14,17H,4-7,10-11,13H2,1-3H3. The summed E-state index contributed by atoms with van der Waals surface area (Å²) in [4.78, 5) is 26.0. The highest BCUT2D eigenvalue weighted by Gasteiger charge is 2.26. The minimum atomic E-state index is -0.510. The van der Waals surface area contributed by atoms with E-state index in [1.54, 1.807) is 10.9 Å². The second kappa shape index (κ2) is 9.54. The molecule has 1 unspecified atom stereocenters. The van der Waals surface area contributed by atoms with E-state index in [4.69, 9.17) is 4.74 Å². The summed E-state index contributed by atoms with van der Waals surface area (Å²) in [6.07, 6.45) is 4.49. The predicted molar refractivity (Wildman–Crippen MR) is 107 cm³/mol. The molecule has 0 radical (unpaired) electrons. The van der Waals surface area contributed by atoms with E-state index in [2.05, 4.69) is 28.9 Å². The number of nitrogens with zero attached hydrogens (tertiary/aromatic N) is 4. The molecule has 1 aromatic carbocycles. The molecule has 3 rings (SSSR count). The van der Waals surface area contributed by atoms with Crippen LogP contribution in [0.2, 0.25) is 0 Å². The van der Waals surface area contributed by atoms with Gasteiger partial charge in [0.25, 0.3) is 0 Å². The molecule has 1 aliphatic rings. The summed E-state index contributed by atoms with van der Waals surface area (Å²) in [5.74, 6) is 0.446. The monoisotopic (exact) mass is 400 g/mol. The number of benzene rings is 1. The SMILES string of the molecule is COC(=O)c1cn(C2CCCN(C(=O)CCCOc3ccc(C)c(C)c3)C2)nn1. The maximum Gasteiger partial charge on any atom is 0.360 e. The van der Waals surface area contributed by atoms with Gasteiger partial charge in [-0.1, -0.05) is 11.3 Å². The molecule has 1 aromatic heterocycles. The van der Waals surface area contributed by atoms with Gasteiger partial charge in [0.1, 0.15) is 5.75 Å². The van der Waals surface area contributed by atoms with Crippen LogP contribution in [0.5, 0.6) is 5.75 Å². The van der Waals surface area contributed by atoms with Gasteiger partial charge in [0.05, 0.1) is 26.0 Å². The van der Waals surface area contributed by atoms with E-state index in [1.165, 1.54) is 18.2 Å². The first-order valence-corrected chi connectivity index (χ1v) is 9.96. The van der Waals surface area contributed by atoms with Crippen LogP contribution in [0.3, 0.4) is 0 Å². The number of hydrogen-bond acceptors (Lipinski definition) is 6. The van der Waals surface area contributed by atoms with Crippen LogP contribution in [0.15, 0.2) is 24.4 Å². The van der Waals surface area contributed by atoms with E-state index in [0.717, 1.165) is 25.1 Å². The zero-order valence-corrected chi connectivity index (χ0v) is 17.3. The Hall–Kier alpha value is -2.90. The summed E-state index contributed by atoms with van der Waals surface area (Å²) in [6, 6.07) is 6.04. The number of likely N-dealkylation sites (tertiary alicyclic amines) is 1. The van der Waals surface area contributed by atoms with Crippen LogP contribution in [-0.4, -0.2) is 58.6 Å². The van der Waals surface area contributed by atoms with E-state index in [0.29, 0.717) is 26.0 Å². The molecular weight excluding hydrogens is 372 g/mol. The summed E-state index contributed by atoms with van der Waals surface area (Å²) in [5, 5.41) is 7.88. The maximum absolute atomic E-state index is 12.6. The summed E-state index contributed by atoms with van der Waals surface area (Å²) < 4.78 is 12.1. The highest BCUT2D eigenvalue weighted by Crippen LogP contribution is 2.22. The molecule has 0 N–H and O–H groups in total. The van der Waals surface area contributed by atoms with Gasteiger partial charge < -0.3 is 14.4 Å². The largest absolute Gasteiger partial charge is 0.494 e. The number of ether oxygens (including phenoxy) is 2. The number of aromatic nitrogens is 3. The second-order valence-electron chi connectivity index (χ2n) is 7.41. The van der Waals surface area contributed by atoms with Crippen molar-refractivity contribution in [3.05, 3.63) is 41.2 Å². The number of rotatable bonds is 7. The van der Waals surface area contributed by atoms with Crippen molar-refractivity contribution < 1.29 is 19.1 Å². The lowest BCUT2D eigenvalue weighted by molar-refractivity contribution is -0.133. The summed E-state index contributed by atoms with van der Waals surface area (Å²) in [6.45, 7) is 5.95. The molecular formula is C21H28N4O4. The number of carbonyl (C=O) groups is 2. The van der Waals surface area contributed by atoms with Crippen LogP contribution in [0.25, 0.3) is 0 Å². The van der Waals surface area contributed by atoms with Crippen molar-refractivity contribution in [2.75, 3.05) is 26.8 Å². The van der Waals surface area contributed by atoms with E-state index in [9.17, 15) is 9.59 Å². The molecule has 0 saturated carbocycles. The van der Waals surface area contributed by atoms with Crippen molar-refractivity contribution in [1.82, 2.24) is 19.9 Å². The van der Waals surface area contributed by atoms with Gasteiger partial charge in [0, 0.05) is 19.5 Å². The normalized spacial score (nSPS) is 16.5. The van der Waals surface area contributed by atoms with E-state index in [-0.39, 0.29) is 17.6 Å². The smallest absolute Gasteiger partial charge is 0.360 e. The molecule has 0 spiro atoms. The molecule has 1 amide bonds. The lowest BCUT2D eigenvalue weighted by Crippen LogP contribution is -2.40. The van der Waals surface area contributed by atoms with Crippen molar-refractivity contribution >= 4 is 11.9 Å². The molecule has 2 aromatic rings. The predicted octanol–water partition coefficient (Wildman–Crippen LogP) is 2.70. The molecule has 1 saturated heterocycles. The summed E-state index contributed by atoms with van der Waals surface area (Å²) in [5.41, 5.74) is 2.61.